The minimum absolute atomic E-state index is 0.0641. The fourth-order valence-corrected chi connectivity index (χ4v) is 3.29. The van der Waals surface area contributed by atoms with Crippen molar-refractivity contribution in [2.45, 2.75) is 44.0 Å². The quantitative estimate of drug-likeness (QED) is 0.731. The Labute approximate surface area is 161 Å². The number of alkyl halides is 3. The van der Waals surface area contributed by atoms with Crippen molar-refractivity contribution in [1.29, 1.82) is 0 Å². The van der Waals surface area contributed by atoms with E-state index in [0.717, 1.165) is 12.8 Å². The predicted octanol–water partition coefficient (Wildman–Crippen LogP) is 2.09. The maximum absolute atomic E-state index is 13.1. The van der Waals surface area contributed by atoms with Crippen molar-refractivity contribution >= 4 is 11.9 Å². The van der Waals surface area contributed by atoms with Crippen molar-refractivity contribution in [3.8, 4) is 0 Å². The standard InChI is InChI=1S/C14H16FN5O2.C2HF3O2/c1-8-18-13(22-19-8)9-4-12-11(2-3-21-12)20(7-9)14-16-5-10(15)6-17-14;3-2(4,5)1(6)7/h5-6,9,11-12H,2-4,7H2,1H3;(H,6,7)/t9-,11-,12-;/m1./s1. The second-order valence-corrected chi connectivity index (χ2v) is 6.53. The average Bonchev–Trinajstić information content (AvgIpc) is 3.30. The molecule has 0 unspecified atom stereocenters. The SMILES string of the molecule is Cc1noc([C@@H]2C[C@H]3OCC[C@H]3N(c3ncc(F)cn3)C2)n1.O=C(O)C(F)(F)F. The van der Waals surface area contributed by atoms with Crippen molar-refractivity contribution in [2.75, 3.05) is 18.1 Å². The molecule has 1 N–H and O–H groups in total. The van der Waals surface area contributed by atoms with E-state index in [1.54, 1.807) is 6.92 Å². The van der Waals surface area contributed by atoms with E-state index in [0.29, 0.717) is 30.8 Å². The molecule has 2 aliphatic heterocycles. The number of aliphatic carboxylic acids is 1. The zero-order chi connectivity index (χ0) is 21.2. The van der Waals surface area contributed by atoms with E-state index in [2.05, 4.69) is 25.0 Å². The van der Waals surface area contributed by atoms with Gasteiger partial charge < -0.3 is 19.3 Å². The highest BCUT2D eigenvalue weighted by Gasteiger charge is 2.43. The van der Waals surface area contributed by atoms with E-state index in [1.165, 1.54) is 12.4 Å². The Morgan fingerprint density at radius 1 is 1.31 bits per heavy atom. The number of hydrogen-bond acceptors (Lipinski definition) is 8. The molecule has 2 aliphatic rings. The first-order valence-corrected chi connectivity index (χ1v) is 8.61. The first-order chi connectivity index (χ1) is 13.6. The van der Waals surface area contributed by atoms with Crippen LogP contribution in [0.5, 0.6) is 0 Å². The predicted molar refractivity (Wildman–Crippen MR) is 87.6 cm³/mol. The number of halogens is 4. The minimum Gasteiger partial charge on any atom is -0.475 e. The molecule has 0 spiro atoms. The number of anilines is 1. The van der Waals surface area contributed by atoms with E-state index < -0.39 is 18.0 Å². The smallest absolute Gasteiger partial charge is 0.475 e. The molecular formula is C16H17F4N5O4. The van der Waals surface area contributed by atoms with Gasteiger partial charge in [-0.2, -0.15) is 18.2 Å². The van der Waals surface area contributed by atoms with Crippen molar-refractivity contribution in [3.63, 3.8) is 0 Å². The lowest BCUT2D eigenvalue weighted by atomic mass is 9.90. The Hall–Kier alpha value is -2.83. The van der Waals surface area contributed by atoms with Crippen molar-refractivity contribution in [3.05, 3.63) is 29.9 Å². The maximum atomic E-state index is 13.1. The molecule has 4 rings (SSSR count). The van der Waals surface area contributed by atoms with Crippen LogP contribution >= 0.6 is 0 Å². The molecule has 4 heterocycles. The van der Waals surface area contributed by atoms with Gasteiger partial charge >= 0.3 is 12.1 Å². The Balaban J connectivity index is 0.000000298. The number of carbonyl (C=O) groups is 1. The molecule has 9 nitrogen and oxygen atoms in total. The molecular weight excluding hydrogens is 402 g/mol. The molecule has 2 aromatic rings. The van der Waals surface area contributed by atoms with Gasteiger partial charge in [0.2, 0.25) is 11.8 Å². The summed E-state index contributed by atoms with van der Waals surface area (Å²) < 4.78 is 55.9. The summed E-state index contributed by atoms with van der Waals surface area (Å²) in [6, 6.07) is 0.214. The van der Waals surface area contributed by atoms with Crippen LogP contribution in [0.1, 0.15) is 30.5 Å². The monoisotopic (exact) mass is 419 g/mol. The number of aromatic nitrogens is 4. The number of carboxylic acid groups (broad SMARTS) is 1. The molecule has 0 bridgehead atoms. The second-order valence-electron chi connectivity index (χ2n) is 6.53. The van der Waals surface area contributed by atoms with Crippen LogP contribution in [0.2, 0.25) is 0 Å². The van der Waals surface area contributed by atoms with Crippen molar-refractivity contribution in [1.82, 2.24) is 20.1 Å². The number of nitrogens with zero attached hydrogens (tertiary/aromatic N) is 5. The number of carboxylic acids is 1. The zero-order valence-corrected chi connectivity index (χ0v) is 15.1. The first kappa shape index (κ1) is 20.9. The van der Waals surface area contributed by atoms with Crippen LogP contribution in [-0.2, 0) is 9.53 Å². The molecule has 13 heteroatoms. The highest BCUT2D eigenvalue weighted by atomic mass is 19.4. The van der Waals surface area contributed by atoms with Gasteiger partial charge in [-0.05, 0) is 19.8 Å². The number of piperidine rings is 1. The maximum Gasteiger partial charge on any atom is 0.490 e. The Morgan fingerprint density at radius 2 is 1.97 bits per heavy atom. The first-order valence-electron chi connectivity index (χ1n) is 8.61. The van der Waals surface area contributed by atoms with E-state index in [4.69, 9.17) is 19.2 Å². The van der Waals surface area contributed by atoms with Crippen LogP contribution in [-0.4, -0.2) is 62.7 Å². The molecule has 0 aliphatic carbocycles. The summed E-state index contributed by atoms with van der Waals surface area (Å²) in [4.78, 5) is 23.5. The normalized spacial score (nSPS) is 23.9. The van der Waals surface area contributed by atoms with Crippen LogP contribution in [0.4, 0.5) is 23.5 Å². The number of aryl methyl sites for hydroxylation is 1. The molecule has 0 amide bonds. The van der Waals surface area contributed by atoms with E-state index >= 15 is 0 Å². The van der Waals surface area contributed by atoms with E-state index in [-0.39, 0.29) is 18.1 Å². The lowest BCUT2D eigenvalue weighted by molar-refractivity contribution is -0.192. The highest BCUT2D eigenvalue weighted by Crippen LogP contribution is 2.37. The van der Waals surface area contributed by atoms with Crippen LogP contribution < -0.4 is 4.90 Å². The fourth-order valence-electron chi connectivity index (χ4n) is 3.29. The van der Waals surface area contributed by atoms with Gasteiger partial charge in [0.1, 0.15) is 0 Å². The molecule has 2 fully saturated rings. The summed E-state index contributed by atoms with van der Waals surface area (Å²) in [5.74, 6) is -1.39. The molecule has 29 heavy (non-hydrogen) atoms. The largest absolute Gasteiger partial charge is 0.490 e. The van der Waals surface area contributed by atoms with Crippen molar-refractivity contribution < 1.29 is 36.7 Å². The molecule has 0 radical (unpaired) electrons. The lowest BCUT2D eigenvalue weighted by Crippen LogP contribution is -2.49. The number of rotatable bonds is 2. The zero-order valence-electron chi connectivity index (χ0n) is 15.1. The van der Waals surface area contributed by atoms with Gasteiger partial charge in [0.05, 0.1) is 30.5 Å². The Kier molecular flexibility index (Phi) is 5.96. The molecule has 3 atom stereocenters. The molecule has 0 aromatic carbocycles. The van der Waals surface area contributed by atoms with Gasteiger partial charge in [0, 0.05) is 13.2 Å². The van der Waals surface area contributed by atoms with E-state index in [9.17, 15) is 17.6 Å². The molecule has 2 aromatic heterocycles. The van der Waals surface area contributed by atoms with Gasteiger partial charge in [-0.15, -0.1) is 0 Å². The molecule has 2 saturated heterocycles. The van der Waals surface area contributed by atoms with Crippen molar-refractivity contribution in [2.24, 2.45) is 0 Å². The fraction of sp³-hybridized carbons (Fsp3) is 0.562. The lowest BCUT2D eigenvalue weighted by Gasteiger charge is -2.39. The van der Waals surface area contributed by atoms with Gasteiger partial charge in [-0.25, -0.2) is 19.2 Å². The van der Waals surface area contributed by atoms with Gasteiger partial charge in [-0.1, -0.05) is 5.16 Å². The minimum atomic E-state index is -5.08. The number of fused-ring (bicyclic) bond motifs is 1. The number of hydrogen-bond donors (Lipinski definition) is 1. The third kappa shape index (κ3) is 4.96. The average molecular weight is 419 g/mol. The van der Waals surface area contributed by atoms with Crippen LogP contribution in [0.15, 0.2) is 16.9 Å². The van der Waals surface area contributed by atoms with Crippen LogP contribution in [0.25, 0.3) is 0 Å². The third-order valence-electron chi connectivity index (χ3n) is 4.51. The molecule has 158 valence electrons. The highest BCUT2D eigenvalue weighted by molar-refractivity contribution is 5.73. The van der Waals surface area contributed by atoms with E-state index in [1.807, 2.05) is 0 Å². The number of ether oxygens (including phenoxy) is 1. The summed E-state index contributed by atoms with van der Waals surface area (Å²) in [6.45, 7) is 3.17. The third-order valence-corrected chi connectivity index (χ3v) is 4.51. The summed E-state index contributed by atoms with van der Waals surface area (Å²) in [7, 11) is 0. The van der Waals surface area contributed by atoms with Gasteiger partial charge in [-0.3, -0.25) is 0 Å². The summed E-state index contributed by atoms with van der Waals surface area (Å²) >= 11 is 0. The van der Waals surface area contributed by atoms with Gasteiger partial charge in [0.25, 0.3) is 0 Å². The van der Waals surface area contributed by atoms with Crippen LogP contribution in [0.3, 0.4) is 0 Å². The topological polar surface area (TPSA) is 114 Å². The Bertz CT molecular complexity index is 845. The summed E-state index contributed by atoms with van der Waals surface area (Å²) in [5, 5.41) is 11.0. The Morgan fingerprint density at radius 3 is 2.52 bits per heavy atom. The van der Waals surface area contributed by atoms with Gasteiger partial charge in [0.15, 0.2) is 11.6 Å². The summed E-state index contributed by atoms with van der Waals surface area (Å²) in [6.07, 6.45) is -0.869. The second kappa shape index (κ2) is 8.27. The van der Waals surface area contributed by atoms with Crippen LogP contribution in [0, 0.1) is 12.7 Å². The molecule has 0 saturated carbocycles. The summed E-state index contributed by atoms with van der Waals surface area (Å²) in [5.41, 5.74) is 0.